The molecule has 1 N–H and O–H groups in total. The van der Waals surface area contributed by atoms with Gasteiger partial charge in [0.25, 0.3) is 0 Å². The first-order valence-corrected chi connectivity index (χ1v) is 8.48. The molecule has 3 rings (SSSR count). The van der Waals surface area contributed by atoms with Gasteiger partial charge in [0.15, 0.2) is 0 Å². The van der Waals surface area contributed by atoms with Gasteiger partial charge in [-0.3, -0.25) is 9.78 Å². The Morgan fingerprint density at radius 2 is 1.75 bits per heavy atom. The van der Waals surface area contributed by atoms with Crippen LogP contribution in [-0.2, 0) is 14.9 Å². The second kappa shape index (κ2) is 7.14. The van der Waals surface area contributed by atoms with Crippen LogP contribution < -0.4 is 5.32 Å². The molecule has 4 heteroatoms. The van der Waals surface area contributed by atoms with Crippen LogP contribution >= 0.6 is 0 Å². The zero-order valence-electron chi connectivity index (χ0n) is 14.3. The number of amides is 1. The van der Waals surface area contributed by atoms with Gasteiger partial charge in [-0.25, -0.2) is 0 Å². The van der Waals surface area contributed by atoms with Crippen LogP contribution in [0.1, 0.15) is 42.5 Å². The molecule has 0 saturated carbocycles. The smallest absolute Gasteiger partial charge is 0.231 e. The molecule has 1 atom stereocenters. The maximum Gasteiger partial charge on any atom is 0.231 e. The van der Waals surface area contributed by atoms with E-state index < -0.39 is 5.41 Å². The number of rotatable bonds is 4. The summed E-state index contributed by atoms with van der Waals surface area (Å²) in [5.74, 6) is 0.0824. The van der Waals surface area contributed by atoms with Crippen LogP contribution in [0.5, 0.6) is 0 Å². The van der Waals surface area contributed by atoms with Crippen LogP contribution in [0.25, 0.3) is 0 Å². The van der Waals surface area contributed by atoms with Gasteiger partial charge in [-0.05, 0) is 49.9 Å². The number of ether oxygens (including phenoxy) is 1. The summed E-state index contributed by atoms with van der Waals surface area (Å²) in [5.41, 5.74) is 2.83. The summed E-state index contributed by atoms with van der Waals surface area (Å²) in [4.78, 5) is 17.2. The summed E-state index contributed by atoms with van der Waals surface area (Å²) in [6, 6.07) is 12.1. The highest BCUT2D eigenvalue weighted by Gasteiger charge is 2.42. The molecule has 0 radical (unpaired) electrons. The minimum Gasteiger partial charge on any atom is -0.381 e. The van der Waals surface area contributed by atoms with Crippen molar-refractivity contribution in [2.45, 2.75) is 38.1 Å². The van der Waals surface area contributed by atoms with Gasteiger partial charge in [-0.2, -0.15) is 0 Å². The summed E-state index contributed by atoms with van der Waals surface area (Å²) < 4.78 is 5.52. The van der Waals surface area contributed by atoms with E-state index in [1.165, 1.54) is 5.56 Å². The summed E-state index contributed by atoms with van der Waals surface area (Å²) in [5, 5.41) is 3.20. The lowest BCUT2D eigenvalue weighted by molar-refractivity contribution is -0.131. The van der Waals surface area contributed by atoms with Gasteiger partial charge in [0.2, 0.25) is 5.91 Å². The van der Waals surface area contributed by atoms with Crippen molar-refractivity contribution >= 4 is 5.91 Å². The quantitative estimate of drug-likeness (QED) is 0.938. The topological polar surface area (TPSA) is 51.2 Å². The highest BCUT2D eigenvalue weighted by molar-refractivity contribution is 5.88. The van der Waals surface area contributed by atoms with Crippen molar-refractivity contribution in [2.75, 3.05) is 13.2 Å². The molecule has 2 aromatic rings. The first kappa shape index (κ1) is 16.7. The number of carbonyl (C=O) groups excluding carboxylic acids is 1. The van der Waals surface area contributed by atoms with E-state index in [4.69, 9.17) is 4.74 Å². The fourth-order valence-electron chi connectivity index (χ4n) is 3.31. The van der Waals surface area contributed by atoms with E-state index in [9.17, 15) is 4.79 Å². The molecule has 1 unspecified atom stereocenters. The van der Waals surface area contributed by atoms with Crippen molar-refractivity contribution in [3.05, 3.63) is 65.5 Å². The van der Waals surface area contributed by atoms with Gasteiger partial charge in [0.05, 0.1) is 11.5 Å². The van der Waals surface area contributed by atoms with Crippen molar-refractivity contribution in [3.63, 3.8) is 0 Å². The molecule has 0 aliphatic carbocycles. The highest BCUT2D eigenvalue weighted by atomic mass is 16.5. The summed E-state index contributed by atoms with van der Waals surface area (Å²) >= 11 is 0. The molecule has 1 aromatic carbocycles. The molecule has 1 aromatic heterocycles. The average Bonchev–Trinajstić information content (AvgIpc) is 2.63. The van der Waals surface area contributed by atoms with Crippen molar-refractivity contribution in [2.24, 2.45) is 0 Å². The molecule has 1 aliphatic rings. The molecule has 2 heterocycles. The summed E-state index contributed by atoms with van der Waals surface area (Å²) in [7, 11) is 0. The number of nitrogens with one attached hydrogen (secondary N) is 1. The largest absolute Gasteiger partial charge is 0.381 e. The lowest BCUT2D eigenvalue weighted by atomic mass is 9.73. The van der Waals surface area contributed by atoms with Crippen molar-refractivity contribution in [3.8, 4) is 0 Å². The van der Waals surface area contributed by atoms with E-state index in [2.05, 4.69) is 41.5 Å². The minimum absolute atomic E-state index is 0.0503. The Labute approximate surface area is 143 Å². The summed E-state index contributed by atoms with van der Waals surface area (Å²) in [6.45, 7) is 5.30. The third-order valence-electron chi connectivity index (χ3n) is 4.94. The Kier molecular flexibility index (Phi) is 4.95. The SMILES string of the molecule is Cc1ccc(C2(C(=O)NC(C)c3ccncc3)CCOCC2)cc1. The van der Waals surface area contributed by atoms with Crippen LogP contribution in [0.4, 0.5) is 0 Å². The van der Waals surface area contributed by atoms with Crippen molar-refractivity contribution < 1.29 is 9.53 Å². The third kappa shape index (κ3) is 3.34. The number of benzene rings is 1. The number of pyridine rings is 1. The first-order chi connectivity index (χ1) is 11.6. The Morgan fingerprint density at radius 1 is 1.12 bits per heavy atom. The minimum atomic E-state index is -0.507. The van der Waals surface area contributed by atoms with Crippen LogP contribution in [0.2, 0.25) is 0 Å². The maximum atomic E-state index is 13.2. The molecule has 1 saturated heterocycles. The standard InChI is InChI=1S/C20H24N2O2/c1-15-3-5-18(6-4-15)20(9-13-24-14-10-20)19(23)22-16(2)17-7-11-21-12-8-17/h3-8,11-12,16H,9-10,13-14H2,1-2H3,(H,22,23). The van der Waals surface area contributed by atoms with Crippen LogP contribution in [0, 0.1) is 6.92 Å². The zero-order valence-corrected chi connectivity index (χ0v) is 14.3. The van der Waals surface area contributed by atoms with Gasteiger partial charge in [0, 0.05) is 25.6 Å². The molecule has 1 fully saturated rings. The first-order valence-electron chi connectivity index (χ1n) is 8.48. The van der Waals surface area contributed by atoms with E-state index in [1.54, 1.807) is 12.4 Å². The molecular weight excluding hydrogens is 300 g/mol. The highest BCUT2D eigenvalue weighted by Crippen LogP contribution is 2.36. The predicted molar refractivity (Wildman–Crippen MR) is 93.7 cm³/mol. The average molecular weight is 324 g/mol. The number of aryl methyl sites for hydroxylation is 1. The van der Waals surface area contributed by atoms with E-state index in [1.807, 2.05) is 19.1 Å². The van der Waals surface area contributed by atoms with E-state index in [-0.39, 0.29) is 11.9 Å². The number of hydrogen-bond donors (Lipinski definition) is 1. The second-order valence-electron chi connectivity index (χ2n) is 6.54. The molecule has 1 aliphatic heterocycles. The molecule has 24 heavy (non-hydrogen) atoms. The zero-order chi connectivity index (χ0) is 17.0. The van der Waals surface area contributed by atoms with Crippen LogP contribution in [-0.4, -0.2) is 24.1 Å². The molecule has 1 amide bonds. The van der Waals surface area contributed by atoms with E-state index in [0.717, 1.165) is 11.1 Å². The Bertz CT molecular complexity index is 677. The number of carbonyl (C=O) groups is 1. The van der Waals surface area contributed by atoms with Crippen LogP contribution in [0.15, 0.2) is 48.8 Å². The summed E-state index contributed by atoms with van der Waals surface area (Å²) in [6.07, 6.45) is 4.93. The lowest BCUT2D eigenvalue weighted by Crippen LogP contribution is -2.48. The van der Waals surface area contributed by atoms with Gasteiger partial charge < -0.3 is 10.1 Å². The Hall–Kier alpha value is -2.20. The molecule has 0 bridgehead atoms. The third-order valence-corrected chi connectivity index (χ3v) is 4.94. The fraction of sp³-hybridized carbons (Fsp3) is 0.400. The fourth-order valence-corrected chi connectivity index (χ4v) is 3.31. The predicted octanol–water partition coefficient (Wildman–Crippen LogP) is 3.32. The normalized spacial score (nSPS) is 17.9. The number of aromatic nitrogens is 1. The monoisotopic (exact) mass is 324 g/mol. The number of nitrogens with zero attached hydrogens (tertiary/aromatic N) is 1. The van der Waals surface area contributed by atoms with Crippen LogP contribution in [0.3, 0.4) is 0 Å². The number of hydrogen-bond acceptors (Lipinski definition) is 3. The van der Waals surface area contributed by atoms with Gasteiger partial charge in [-0.1, -0.05) is 29.8 Å². The molecular formula is C20H24N2O2. The van der Waals surface area contributed by atoms with Gasteiger partial charge in [-0.15, -0.1) is 0 Å². The van der Waals surface area contributed by atoms with Gasteiger partial charge in [0.1, 0.15) is 0 Å². The van der Waals surface area contributed by atoms with E-state index in [0.29, 0.717) is 26.1 Å². The van der Waals surface area contributed by atoms with Crippen molar-refractivity contribution in [1.82, 2.24) is 10.3 Å². The van der Waals surface area contributed by atoms with Crippen molar-refractivity contribution in [1.29, 1.82) is 0 Å². The Morgan fingerprint density at radius 3 is 2.38 bits per heavy atom. The second-order valence-corrected chi connectivity index (χ2v) is 6.54. The molecule has 0 spiro atoms. The van der Waals surface area contributed by atoms with Gasteiger partial charge >= 0.3 is 0 Å². The molecule has 4 nitrogen and oxygen atoms in total. The maximum absolute atomic E-state index is 13.2. The van der Waals surface area contributed by atoms with E-state index >= 15 is 0 Å². The Balaban J connectivity index is 1.85. The lowest BCUT2D eigenvalue weighted by Gasteiger charge is -2.37. The molecule has 126 valence electrons.